The van der Waals surface area contributed by atoms with Gasteiger partial charge in [-0.1, -0.05) is 42.0 Å². The zero-order valence-electron chi connectivity index (χ0n) is 11.7. The number of aryl methyl sites for hydroxylation is 1. The number of nitrogens with zero attached hydrogens (tertiary/aromatic N) is 1. The molecule has 1 aliphatic rings. The van der Waals surface area contributed by atoms with Crippen LogP contribution >= 0.6 is 0 Å². The first kappa shape index (κ1) is 13.5. The van der Waals surface area contributed by atoms with Gasteiger partial charge in [-0.05, 0) is 31.0 Å². The second-order valence-corrected chi connectivity index (χ2v) is 5.02. The van der Waals surface area contributed by atoms with E-state index in [4.69, 9.17) is 4.84 Å². The number of imide groups is 1. The second-order valence-electron chi connectivity index (χ2n) is 5.02. The van der Waals surface area contributed by atoms with Crippen LogP contribution < -0.4 is 0 Å². The number of carbonyl (C=O) groups excluding carboxylic acids is 2. The quantitative estimate of drug-likeness (QED) is 0.810. The van der Waals surface area contributed by atoms with Crippen molar-refractivity contribution in [1.29, 1.82) is 0 Å². The van der Waals surface area contributed by atoms with E-state index >= 15 is 0 Å². The first-order valence-corrected chi connectivity index (χ1v) is 6.83. The minimum atomic E-state index is -0.389. The number of amides is 2. The highest BCUT2D eigenvalue weighted by Crippen LogP contribution is 2.22. The molecule has 2 aromatic rings. The zero-order valence-corrected chi connectivity index (χ0v) is 11.7. The van der Waals surface area contributed by atoms with Gasteiger partial charge in [0.2, 0.25) is 0 Å². The average Bonchev–Trinajstić information content (AvgIpc) is 2.73. The summed E-state index contributed by atoms with van der Waals surface area (Å²) in [4.78, 5) is 29.6. The lowest BCUT2D eigenvalue weighted by Gasteiger charge is -2.13. The Labute approximate surface area is 122 Å². The predicted molar refractivity (Wildman–Crippen MR) is 77.8 cm³/mol. The Morgan fingerprint density at radius 1 is 0.952 bits per heavy atom. The Balaban J connectivity index is 1.65. The molecule has 2 aromatic carbocycles. The molecule has 0 saturated carbocycles. The van der Waals surface area contributed by atoms with Crippen LogP contribution in [0.2, 0.25) is 0 Å². The van der Waals surface area contributed by atoms with Crippen LogP contribution in [-0.2, 0) is 11.3 Å². The summed E-state index contributed by atoms with van der Waals surface area (Å²) in [6.07, 6.45) is 0.648. The highest BCUT2D eigenvalue weighted by atomic mass is 16.7. The first-order valence-electron chi connectivity index (χ1n) is 6.83. The summed E-state index contributed by atoms with van der Waals surface area (Å²) in [7, 11) is 0. The van der Waals surface area contributed by atoms with Crippen molar-refractivity contribution in [2.45, 2.75) is 13.3 Å². The number of hydrogen-bond donors (Lipinski definition) is 0. The maximum absolute atomic E-state index is 12.1. The number of hydrogen-bond acceptors (Lipinski definition) is 3. The van der Waals surface area contributed by atoms with Gasteiger partial charge in [0.25, 0.3) is 11.8 Å². The molecule has 0 fully saturated rings. The fourth-order valence-electron chi connectivity index (χ4n) is 2.41. The lowest BCUT2D eigenvalue weighted by Crippen LogP contribution is -2.30. The topological polar surface area (TPSA) is 46.6 Å². The molecule has 0 spiro atoms. The van der Waals surface area contributed by atoms with Gasteiger partial charge in [-0.2, -0.15) is 0 Å². The van der Waals surface area contributed by atoms with Gasteiger partial charge < -0.3 is 0 Å². The summed E-state index contributed by atoms with van der Waals surface area (Å²) in [6, 6.07) is 14.8. The Kier molecular flexibility index (Phi) is 3.54. The van der Waals surface area contributed by atoms with Crippen LogP contribution in [0.25, 0.3) is 0 Å². The van der Waals surface area contributed by atoms with Crippen LogP contribution in [0.15, 0.2) is 48.5 Å². The third kappa shape index (κ3) is 2.58. The van der Waals surface area contributed by atoms with E-state index in [-0.39, 0.29) is 18.4 Å². The molecule has 0 radical (unpaired) electrons. The van der Waals surface area contributed by atoms with Crippen molar-refractivity contribution in [2.24, 2.45) is 0 Å². The SMILES string of the molecule is Cc1cccc(CCON2C(=O)c3ccccc3C2=O)c1. The summed E-state index contributed by atoms with van der Waals surface area (Å²) < 4.78 is 0. The molecule has 2 amide bonds. The lowest BCUT2D eigenvalue weighted by molar-refractivity contribution is -0.0902. The molecule has 0 N–H and O–H groups in total. The number of benzene rings is 2. The number of fused-ring (bicyclic) bond motifs is 1. The highest BCUT2D eigenvalue weighted by molar-refractivity contribution is 6.20. The van der Waals surface area contributed by atoms with E-state index in [9.17, 15) is 9.59 Å². The van der Waals surface area contributed by atoms with E-state index in [1.165, 1.54) is 5.56 Å². The molecule has 106 valence electrons. The van der Waals surface area contributed by atoms with Crippen molar-refractivity contribution in [3.8, 4) is 0 Å². The molecule has 0 unspecified atom stereocenters. The van der Waals surface area contributed by atoms with Gasteiger partial charge in [-0.25, -0.2) is 0 Å². The lowest BCUT2D eigenvalue weighted by atomic mass is 10.1. The fraction of sp³-hybridized carbons (Fsp3) is 0.176. The maximum Gasteiger partial charge on any atom is 0.285 e. The number of rotatable bonds is 4. The van der Waals surface area contributed by atoms with Crippen LogP contribution in [0.5, 0.6) is 0 Å². The second kappa shape index (κ2) is 5.50. The molecule has 0 aromatic heterocycles. The Morgan fingerprint density at radius 2 is 1.62 bits per heavy atom. The van der Waals surface area contributed by atoms with Crippen LogP contribution in [0.4, 0.5) is 0 Å². The van der Waals surface area contributed by atoms with Gasteiger partial charge >= 0.3 is 0 Å². The Bertz CT molecular complexity index is 674. The molecule has 0 bridgehead atoms. The summed E-state index contributed by atoms with van der Waals surface area (Å²) in [5, 5.41) is 0.862. The van der Waals surface area contributed by atoms with Crippen LogP contribution in [0.3, 0.4) is 0 Å². The minimum Gasteiger partial charge on any atom is -0.266 e. The molecular weight excluding hydrogens is 266 g/mol. The van der Waals surface area contributed by atoms with E-state index in [1.807, 2.05) is 25.1 Å². The molecule has 0 atom stereocenters. The molecule has 0 aliphatic carbocycles. The molecule has 4 nitrogen and oxygen atoms in total. The molecule has 4 heteroatoms. The summed E-state index contributed by atoms with van der Waals surface area (Å²) in [5.41, 5.74) is 3.09. The van der Waals surface area contributed by atoms with E-state index in [2.05, 4.69) is 6.07 Å². The van der Waals surface area contributed by atoms with Gasteiger partial charge in [-0.15, -0.1) is 5.06 Å². The molecule has 0 saturated heterocycles. The standard InChI is InChI=1S/C17H15NO3/c1-12-5-4-6-13(11-12)9-10-21-18-16(19)14-7-2-3-8-15(14)17(18)20/h2-8,11H,9-10H2,1H3. The van der Waals surface area contributed by atoms with Crippen molar-refractivity contribution in [3.05, 3.63) is 70.8 Å². The van der Waals surface area contributed by atoms with E-state index < -0.39 is 0 Å². The maximum atomic E-state index is 12.1. The van der Waals surface area contributed by atoms with Gasteiger partial charge in [-0.3, -0.25) is 14.4 Å². The van der Waals surface area contributed by atoms with Gasteiger partial charge in [0.05, 0.1) is 17.7 Å². The zero-order chi connectivity index (χ0) is 14.8. The fourth-order valence-corrected chi connectivity index (χ4v) is 2.41. The predicted octanol–water partition coefficient (Wildman–Crippen LogP) is 2.77. The van der Waals surface area contributed by atoms with Crippen LogP contribution in [-0.4, -0.2) is 23.5 Å². The molecular formula is C17H15NO3. The molecule has 1 aliphatic heterocycles. The molecule has 21 heavy (non-hydrogen) atoms. The van der Waals surface area contributed by atoms with Crippen molar-refractivity contribution < 1.29 is 14.4 Å². The summed E-state index contributed by atoms with van der Waals surface area (Å²) in [6.45, 7) is 2.31. The average molecular weight is 281 g/mol. The Morgan fingerprint density at radius 3 is 2.24 bits per heavy atom. The van der Waals surface area contributed by atoms with E-state index in [0.29, 0.717) is 17.5 Å². The van der Waals surface area contributed by atoms with Crippen molar-refractivity contribution >= 4 is 11.8 Å². The van der Waals surface area contributed by atoms with E-state index in [1.54, 1.807) is 24.3 Å². The molecule has 1 heterocycles. The third-order valence-electron chi connectivity index (χ3n) is 3.45. The van der Waals surface area contributed by atoms with Crippen LogP contribution in [0, 0.1) is 6.92 Å². The summed E-state index contributed by atoms with van der Waals surface area (Å²) >= 11 is 0. The first-order chi connectivity index (χ1) is 10.2. The van der Waals surface area contributed by atoms with E-state index in [0.717, 1.165) is 10.6 Å². The van der Waals surface area contributed by atoms with Crippen molar-refractivity contribution in [2.75, 3.05) is 6.61 Å². The van der Waals surface area contributed by atoms with Gasteiger partial charge in [0, 0.05) is 0 Å². The van der Waals surface area contributed by atoms with Crippen LogP contribution in [0.1, 0.15) is 31.8 Å². The van der Waals surface area contributed by atoms with Crippen molar-refractivity contribution in [3.63, 3.8) is 0 Å². The summed E-state index contributed by atoms with van der Waals surface area (Å²) in [5.74, 6) is -0.778. The van der Waals surface area contributed by atoms with Crippen molar-refractivity contribution in [1.82, 2.24) is 5.06 Å². The highest BCUT2D eigenvalue weighted by Gasteiger charge is 2.36. The molecule has 3 rings (SSSR count). The largest absolute Gasteiger partial charge is 0.285 e. The Hall–Kier alpha value is -2.46. The minimum absolute atomic E-state index is 0.287. The monoisotopic (exact) mass is 281 g/mol. The number of carbonyl (C=O) groups is 2. The smallest absolute Gasteiger partial charge is 0.266 e. The third-order valence-corrected chi connectivity index (χ3v) is 3.45. The normalized spacial score (nSPS) is 13.7. The van der Waals surface area contributed by atoms with Gasteiger partial charge in [0.15, 0.2) is 0 Å². The number of hydroxylamine groups is 2. The van der Waals surface area contributed by atoms with Gasteiger partial charge in [0.1, 0.15) is 0 Å².